The van der Waals surface area contributed by atoms with Crippen molar-refractivity contribution in [2.24, 2.45) is 0 Å². The Morgan fingerprint density at radius 3 is 3.09 bits per heavy atom. The second kappa shape index (κ2) is 5.76. The molecule has 0 bridgehead atoms. The van der Waals surface area contributed by atoms with Gasteiger partial charge in [0.2, 0.25) is 5.88 Å². The molecule has 0 aliphatic carbocycles. The van der Waals surface area contributed by atoms with Crippen LogP contribution in [0, 0.1) is 0 Å². The van der Waals surface area contributed by atoms with Crippen LogP contribution >= 0.6 is 0 Å². The standard InChI is InChI=1S/C18H17N3O2/c22-18(14-4-5-16-13(11-14)6-9-19-16)21-10-7-15(12-21)23-17-3-1-2-8-20-17/h1-6,8-9,11,15,19H,7,10,12H2. The minimum absolute atomic E-state index is 0.00448. The summed E-state index contributed by atoms with van der Waals surface area (Å²) in [6.07, 6.45) is 4.42. The average Bonchev–Trinajstić information content (AvgIpc) is 3.23. The van der Waals surface area contributed by atoms with E-state index in [1.807, 2.05) is 53.6 Å². The predicted molar refractivity (Wildman–Crippen MR) is 87.5 cm³/mol. The first-order valence-electron chi connectivity index (χ1n) is 7.74. The number of ether oxygens (including phenoxy) is 1. The minimum atomic E-state index is 0.00448. The van der Waals surface area contributed by atoms with E-state index >= 15 is 0 Å². The van der Waals surface area contributed by atoms with E-state index in [2.05, 4.69) is 9.97 Å². The number of aromatic nitrogens is 2. The fraction of sp³-hybridized carbons (Fsp3) is 0.222. The van der Waals surface area contributed by atoms with Crippen LogP contribution in [0.25, 0.3) is 10.9 Å². The number of rotatable bonds is 3. The maximum Gasteiger partial charge on any atom is 0.254 e. The summed E-state index contributed by atoms with van der Waals surface area (Å²) in [6.45, 7) is 1.31. The lowest BCUT2D eigenvalue weighted by atomic mass is 10.1. The Kier molecular flexibility index (Phi) is 3.46. The molecule has 1 aromatic carbocycles. The van der Waals surface area contributed by atoms with Gasteiger partial charge in [-0.3, -0.25) is 4.79 Å². The summed E-state index contributed by atoms with van der Waals surface area (Å²) < 4.78 is 5.84. The summed E-state index contributed by atoms with van der Waals surface area (Å²) >= 11 is 0. The molecule has 1 aliphatic rings. The van der Waals surface area contributed by atoms with Crippen LogP contribution in [-0.2, 0) is 0 Å². The summed E-state index contributed by atoms with van der Waals surface area (Å²) in [7, 11) is 0. The van der Waals surface area contributed by atoms with Crippen LogP contribution in [-0.4, -0.2) is 40.0 Å². The second-order valence-corrected chi connectivity index (χ2v) is 5.73. The van der Waals surface area contributed by atoms with E-state index in [0.29, 0.717) is 19.0 Å². The molecule has 0 radical (unpaired) electrons. The van der Waals surface area contributed by atoms with Gasteiger partial charge in [-0.2, -0.15) is 0 Å². The molecule has 2 aromatic heterocycles. The van der Waals surface area contributed by atoms with Crippen LogP contribution in [0.3, 0.4) is 0 Å². The predicted octanol–water partition coefficient (Wildman–Crippen LogP) is 2.86. The first kappa shape index (κ1) is 13.8. The molecule has 1 N–H and O–H groups in total. The fourth-order valence-corrected chi connectivity index (χ4v) is 2.97. The minimum Gasteiger partial charge on any atom is -0.472 e. The lowest BCUT2D eigenvalue weighted by Crippen LogP contribution is -2.31. The van der Waals surface area contributed by atoms with Gasteiger partial charge in [0.15, 0.2) is 0 Å². The van der Waals surface area contributed by atoms with Gasteiger partial charge in [0.05, 0.1) is 6.54 Å². The molecule has 1 saturated heterocycles. The molecule has 3 heterocycles. The van der Waals surface area contributed by atoms with Crippen molar-refractivity contribution in [1.29, 1.82) is 0 Å². The molecule has 0 saturated carbocycles. The van der Waals surface area contributed by atoms with E-state index in [1.54, 1.807) is 6.20 Å². The summed E-state index contributed by atoms with van der Waals surface area (Å²) in [6, 6.07) is 13.3. The quantitative estimate of drug-likeness (QED) is 0.809. The van der Waals surface area contributed by atoms with Gasteiger partial charge in [-0.1, -0.05) is 6.07 Å². The van der Waals surface area contributed by atoms with Crippen LogP contribution in [0.15, 0.2) is 54.9 Å². The molecule has 5 nitrogen and oxygen atoms in total. The summed E-state index contributed by atoms with van der Waals surface area (Å²) in [5.41, 5.74) is 1.76. The van der Waals surface area contributed by atoms with Crippen LogP contribution in [0.4, 0.5) is 0 Å². The van der Waals surface area contributed by atoms with E-state index in [-0.39, 0.29) is 12.0 Å². The molecule has 1 fully saturated rings. The van der Waals surface area contributed by atoms with E-state index in [9.17, 15) is 4.79 Å². The van der Waals surface area contributed by atoms with Crippen molar-refractivity contribution in [1.82, 2.24) is 14.9 Å². The van der Waals surface area contributed by atoms with E-state index in [0.717, 1.165) is 22.9 Å². The largest absolute Gasteiger partial charge is 0.472 e. The highest BCUT2D eigenvalue weighted by atomic mass is 16.5. The molecule has 116 valence electrons. The third kappa shape index (κ3) is 2.77. The van der Waals surface area contributed by atoms with Crippen LogP contribution < -0.4 is 4.74 Å². The molecular weight excluding hydrogens is 290 g/mol. The smallest absolute Gasteiger partial charge is 0.254 e. The summed E-state index contributed by atoms with van der Waals surface area (Å²) in [5.74, 6) is 0.667. The van der Waals surface area contributed by atoms with Crippen molar-refractivity contribution in [3.63, 3.8) is 0 Å². The number of amides is 1. The maximum absolute atomic E-state index is 12.7. The third-order valence-electron chi connectivity index (χ3n) is 4.16. The fourth-order valence-electron chi connectivity index (χ4n) is 2.97. The first-order chi connectivity index (χ1) is 11.3. The Hall–Kier alpha value is -2.82. The lowest BCUT2D eigenvalue weighted by molar-refractivity contribution is 0.0771. The number of benzene rings is 1. The van der Waals surface area contributed by atoms with Crippen molar-refractivity contribution < 1.29 is 9.53 Å². The zero-order valence-electron chi connectivity index (χ0n) is 12.6. The number of pyridine rings is 1. The normalized spacial score (nSPS) is 17.6. The van der Waals surface area contributed by atoms with Gasteiger partial charge >= 0.3 is 0 Å². The maximum atomic E-state index is 12.7. The number of nitrogens with one attached hydrogen (secondary N) is 1. The first-order valence-corrected chi connectivity index (χ1v) is 7.74. The van der Waals surface area contributed by atoms with Gasteiger partial charge < -0.3 is 14.6 Å². The average molecular weight is 307 g/mol. The number of aromatic amines is 1. The molecule has 4 rings (SSSR count). The van der Waals surface area contributed by atoms with Crippen LogP contribution in [0.2, 0.25) is 0 Å². The number of likely N-dealkylation sites (tertiary alicyclic amines) is 1. The highest BCUT2D eigenvalue weighted by Crippen LogP contribution is 2.20. The van der Waals surface area contributed by atoms with E-state index < -0.39 is 0 Å². The van der Waals surface area contributed by atoms with Gasteiger partial charge in [-0.05, 0) is 30.3 Å². The summed E-state index contributed by atoms with van der Waals surface area (Å²) in [4.78, 5) is 21.8. The lowest BCUT2D eigenvalue weighted by Gasteiger charge is -2.17. The monoisotopic (exact) mass is 307 g/mol. The Bertz CT molecular complexity index is 828. The van der Waals surface area contributed by atoms with Crippen molar-refractivity contribution in [3.05, 3.63) is 60.4 Å². The van der Waals surface area contributed by atoms with Gasteiger partial charge in [-0.25, -0.2) is 4.98 Å². The molecule has 0 spiro atoms. The third-order valence-corrected chi connectivity index (χ3v) is 4.16. The van der Waals surface area contributed by atoms with Crippen molar-refractivity contribution in [2.45, 2.75) is 12.5 Å². The zero-order valence-corrected chi connectivity index (χ0v) is 12.6. The molecule has 3 aromatic rings. The Balaban J connectivity index is 1.45. The zero-order chi connectivity index (χ0) is 15.6. The van der Waals surface area contributed by atoms with Gasteiger partial charge in [0, 0.05) is 47.9 Å². The van der Waals surface area contributed by atoms with Crippen molar-refractivity contribution >= 4 is 16.8 Å². The van der Waals surface area contributed by atoms with Crippen LogP contribution in [0.5, 0.6) is 5.88 Å². The van der Waals surface area contributed by atoms with Crippen LogP contribution in [0.1, 0.15) is 16.8 Å². The number of hydrogen-bond acceptors (Lipinski definition) is 3. The van der Waals surface area contributed by atoms with Crippen molar-refractivity contribution in [2.75, 3.05) is 13.1 Å². The second-order valence-electron chi connectivity index (χ2n) is 5.73. The highest BCUT2D eigenvalue weighted by Gasteiger charge is 2.28. The number of carbonyl (C=O) groups excluding carboxylic acids is 1. The van der Waals surface area contributed by atoms with Gasteiger partial charge in [-0.15, -0.1) is 0 Å². The Morgan fingerprint density at radius 2 is 2.22 bits per heavy atom. The highest BCUT2D eigenvalue weighted by molar-refractivity contribution is 5.98. The van der Waals surface area contributed by atoms with Gasteiger partial charge in [0.1, 0.15) is 6.10 Å². The molecule has 5 heteroatoms. The number of H-pyrrole nitrogens is 1. The Labute approximate surface area is 133 Å². The Morgan fingerprint density at radius 1 is 1.26 bits per heavy atom. The molecule has 1 unspecified atom stereocenters. The molecule has 1 amide bonds. The number of hydrogen-bond donors (Lipinski definition) is 1. The molecule has 23 heavy (non-hydrogen) atoms. The van der Waals surface area contributed by atoms with E-state index in [4.69, 9.17) is 4.74 Å². The van der Waals surface area contributed by atoms with Crippen molar-refractivity contribution in [3.8, 4) is 5.88 Å². The molecule has 1 atom stereocenters. The molecular formula is C18H17N3O2. The molecule has 1 aliphatic heterocycles. The van der Waals surface area contributed by atoms with Gasteiger partial charge in [0.25, 0.3) is 5.91 Å². The topological polar surface area (TPSA) is 58.2 Å². The number of carbonyl (C=O) groups is 1. The van der Waals surface area contributed by atoms with E-state index in [1.165, 1.54) is 0 Å². The summed E-state index contributed by atoms with van der Waals surface area (Å²) in [5, 5.41) is 1.05. The number of nitrogens with zero attached hydrogens (tertiary/aromatic N) is 2. The SMILES string of the molecule is O=C(c1ccc2[nH]ccc2c1)N1CCC(Oc2ccccn2)C1. The number of fused-ring (bicyclic) bond motifs is 1.